The highest BCUT2D eigenvalue weighted by atomic mass is 19.1. The van der Waals surface area contributed by atoms with Gasteiger partial charge in [-0.15, -0.1) is 0 Å². The van der Waals surface area contributed by atoms with E-state index in [-0.39, 0.29) is 5.82 Å². The second kappa shape index (κ2) is 9.12. The van der Waals surface area contributed by atoms with E-state index in [0.29, 0.717) is 12.0 Å². The molecule has 0 bridgehead atoms. The molecule has 1 atom stereocenters. The summed E-state index contributed by atoms with van der Waals surface area (Å²) in [5, 5.41) is 3.50. The Bertz CT molecular complexity index is 373. The molecule has 0 radical (unpaired) electrons. The van der Waals surface area contributed by atoms with Gasteiger partial charge in [-0.25, -0.2) is 4.39 Å². The molecule has 20 heavy (non-hydrogen) atoms. The van der Waals surface area contributed by atoms with Crippen molar-refractivity contribution in [1.29, 1.82) is 0 Å². The van der Waals surface area contributed by atoms with E-state index in [1.54, 1.807) is 12.1 Å². The van der Waals surface area contributed by atoms with E-state index >= 15 is 0 Å². The third-order valence-electron chi connectivity index (χ3n) is 3.68. The number of rotatable bonds is 9. The minimum atomic E-state index is -0.0640. The van der Waals surface area contributed by atoms with Crippen LogP contribution in [-0.2, 0) is 6.42 Å². The predicted molar refractivity (Wildman–Crippen MR) is 85.4 cm³/mol. The zero-order valence-corrected chi connectivity index (χ0v) is 13.5. The molecule has 1 aromatic carbocycles. The predicted octanol–water partition coefficient (Wildman–Crippen LogP) is 4.81. The van der Waals surface area contributed by atoms with Crippen molar-refractivity contribution in [2.45, 2.75) is 59.4 Å². The lowest BCUT2D eigenvalue weighted by Crippen LogP contribution is -2.30. The molecule has 114 valence electrons. The molecule has 0 aliphatic heterocycles. The Kier molecular flexibility index (Phi) is 7.83. The largest absolute Gasteiger partial charge is 0.314 e. The average Bonchev–Trinajstić information content (AvgIpc) is 2.37. The summed E-state index contributed by atoms with van der Waals surface area (Å²) >= 11 is 0. The molecular formula is C18H30FN. The number of halogens is 1. The van der Waals surface area contributed by atoms with Gasteiger partial charge in [0.2, 0.25) is 0 Å². The Morgan fingerprint density at radius 3 is 2.35 bits per heavy atom. The summed E-state index contributed by atoms with van der Waals surface area (Å²) in [6.45, 7) is 9.82. The summed E-state index contributed by atoms with van der Waals surface area (Å²) < 4.78 is 13.8. The highest BCUT2D eigenvalue weighted by molar-refractivity contribution is 5.17. The minimum Gasteiger partial charge on any atom is -0.314 e. The van der Waals surface area contributed by atoms with E-state index in [1.807, 2.05) is 12.1 Å². The zero-order valence-electron chi connectivity index (χ0n) is 13.5. The first-order valence-electron chi connectivity index (χ1n) is 7.95. The summed E-state index contributed by atoms with van der Waals surface area (Å²) in [7, 11) is 0. The van der Waals surface area contributed by atoms with Crippen LogP contribution in [0.4, 0.5) is 4.39 Å². The van der Waals surface area contributed by atoms with Crippen molar-refractivity contribution in [3.63, 3.8) is 0 Å². The van der Waals surface area contributed by atoms with Crippen LogP contribution in [0.3, 0.4) is 0 Å². The zero-order chi connectivity index (χ0) is 15.0. The summed E-state index contributed by atoms with van der Waals surface area (Å²) in [6, 6.07) is 7.66. The Balaban J connectivity index is 2.54. The summed E-state index contributed by atoms with van der Waals surface area (Å²) in [5.74, 6) is 1.21. The van der Waals surface area contributed by atoms with Gasteiger partial charge in [-0.05, 0) is 42.9 Å². The van der Waals surface area contributed by atoms with Crippen molar-refractivity contribution < 1.29 is 4.39 Å². The quantitative estimate of drug-likeness (QED) is 0.684. The van der Waals surface area contributed by atoms with Crippen LogP contribution in [0.1, 0.15) is 52.5 Å². The molecule has 0 aliphatic rings. The van der Waals surface area contributed by atoms with Gasteiger partial charge in [-0.1, -0.05) is 58.7 Å². The standard InChI is InChI=1S/C18H30FN/c1-14(2)8-7-9-16(13-20-15(3)4)12-17-10-5-6-11-18(17)19/h5-6,10-11,14-16,20H,7-9,12-13H2,1-4H3. The first-order chi connectivity index (χ1) is 9.49. The lowest BCUT2D eigenvalue weighted by molar-refractivity contribution is 0.389. The molecule has 0 saturated carbocycles. The van der Waals surface area contributed by atoms with Crippen LogP contribution in [0.15, 0.2) is 24.3 Å². The van der Waals surface area contributed by atoms with Gasteiger partial charge in [-0.2, -0.15) is 0 Å². The van der Waals surface area contributed by atoms with Crippen LogP contribution in [0, 0.1) is 17.7 Å². The summed E-state index contributed by atoms with van der Waals surface area (Å²) in [4.78, 5) is 0. The van der Waals surface area contributed by atoms with Crippen molar-refractivity contribution in [3.05, 3.63) is 35.6 Å². The van der Waals surface area contributed by atoms with Gasteiger partial charge in [0.15, 0.2) is 0 Å². The van der Waals surface area contributed by atoms with E-state index in [9.17, 15) is 4.39 Å². The van der Waals surface area contributed by atoms with E-state index in [4.69, 9.17) is 0 Å². The Hall–Kier alpha value is -0.890. The second-order valence-corrected chi connectivity index (χ2v) is 6.55. The van der Waals surface area contributed by atoms with Crippen LogP contribution >= 0.6 is 0 Å². The summed E-state index contributed by atoms with van der Waals surface area (Å²) in [5.41, 5.74) is 0.854. The molecule has 0 aliphatic carbocycles. The molecule has 0 saturated heterocycles. The van der Waals surface area contributed by atoms with E-state index in [0.717, 1.165) is 24.4 Å². The van der Waals surface area contributed by atoms with Crippen LogP contribution in [0.5, 0.6) is 0 Å². The average molecular weight is 279 g/mol. The number of benzene rings is 1. The molecule has 0 fully saturated rings. The molecular weight excluding hydrogens is 249 g/mol. The van der Waals surface area contributed by atoms with Crippen LogP contribution in [0.25, 0.3) is 0 Å². The molecule has 0 amide bonds. The minimum absolute atomic E-state index is 0.0640. The van der Waals surface area contributed by atoms with Gasteiger partial charge < -0.3 is 5.32 Å². The fourth-order valence-corrected chi connectivity index (χ4v) is 2.47. The normalized spacial score (nSPS) is 13.2. The molecule has 0 heterocycles. The number of hydrogen-bond acceptors (Lipinski definition) is 1. The molecule has 1 aromatic rings. The van der Waals surface area contributed by atoms with Gasteiger partial charge in [0.1, 0.15) is 5.82 Å². The highest BCUT2D eigenvalue weighted by Crippen LogP contribution is 2.19. The third-order valence-corrected chi connectivity index (χ3v) is 3.68. The molecule has 1 nitrogen and oxygen atoms in total. The first-order valence-corrected chi connectivity index (χ1v) is 7.95. The maximum Gasteiger partial charge on any atom is 0.126 e. The van der Waals surface area contributed by atoms with Gasteiger partial charge >= 0.3 is 0 Å². The van der Waals surface area contributed by atoms with Gasteiger partial charge in [0, 0.05) is 6.04 Å². The topological polar surface area (TPSA) is 12.0 Å². The fraction of sp³-hybridized carbons (Fsp3) is 0.667. The number of nitrogens with one attached hydrogen (secondary N) is 1. The van der Waals surface area contributed by atoms with Crippen molar-refractivity contribution in [2.24, 2.45) is 11.8 Å². The maximum atomic E-state index is 13.8. The summed E-state index contributed by atoms with van der Waals surface area (Å²) in [6.07, 6.45) is 4.50. The molecule has 1 N–H and O–H groups in total. The smallest absolute Gasteiger partial charge is 0.126 e. The molecule has 0 spiro atoms. The van der Waals surface area contributed by atoms with E-state index in [1.165, 1.54) is 19.3 Å². The maximum absolute atomic E-state index is 13.8. The third kappa shape index (κ3) is 7.04. The highest BCUT2D eigenvalue weighted by Gasteiger charge is 2.13. The number of hydrogen-bond donors (Lipinski definition) is 1. The van der Waals surface area contributed by atoms with E-state index in [2.05, 4.69) is 33.0 Å². The Labute approximate surface area is 124 Å². The Morgan fingerprint density at radius 1 is 1.05 bits per heavy atom. The second-order valence-electron chi connectivity index (χ2n) is 6.55. The molecule has 1 rings (SSSR count). The Morgan fingerprint density at radius 2 is 1.75 bits per heavy atom. The van der Waals surface area contributed by atoms with Crippen LogP contribution in [0.2, 0.25) is 0 Å². The first kappa shape index (κ1) is 17.2. The van der Waals surface area contributed by atoms with Crippen molar-refractivity contribution in [2.75, 3.05) is 6.54 Å². The van der Waals surface area contributed by atoms with Crippen molar-refractivity contribution in [3.8, 4) is 0 Å². The van der Waals surface area contributed by atoms with Crippen LogP contribution in [-0.4, -0.2) is 12.6 Å². The molecule has 2 heteroatoms. The van der Waals surface area contributed by atoms with E-state index < -0.39 is 0 Å². The fourth-order valence-electron chi connectivity index (χ4n) is 2.47. The SMILES string of the molecule is CC(C)CCCC(CNC(C)C)Cc1ccccc1F. The van der Waals surface area contributed by atoms with Crippen molar-refractivity contribution >= 4 is 0 Å². The lowest BCUT2D eigenvalue weighted by Gasteiger charge is -2.20. The van der Waals surface area contributed by atoms with Gasteiger partial charge in [0.25, 0.3) is 0 Å². The molecule has 0 aromatic heterocycles. The van der Waals surface area contributed by atoms with Gasteiger partial charge in [-0.3, -0.25) is 0 Å². The van der Waals surface area contributed by atoms with Crippen molar-refractivity contribution in [1.82, 2.24) is 5.32 Å². The lowest BCUT2D eigenvalue weighted by atomic mass is 9.92. The monoisotopic (exact) mass is 279 g/mol. The van der Waals surface area contributed by atoms with Crippen LogP contribution < -0.4 is 5.32 Å². The molecule has 1 unspecified atom stereocenters. The van der Waals surface area contributed by atoms with Gasteiger partial charge in [0.05, 0.1) is 0 Å².